The zero-order valence-corrected chi connectivity index (χ0v) is 12.3. The average Bonchev–Trinajstić information content (AvgIpc) is 2.49. The van der Waals surface area contributed by atoms with Gasteiger partial charge in [-0.05, 0) is 50.3 Å². The van der Waals surface area contributed by atoms with Crippen molar-refractivity contribution < 1.29 is 0 Å². The van der Waals surface area contributed by atoms with Crippen molar-refractivity contribution in [3.05, 3.63) is 35.9 Å². The topological polar surface area (TPSA) is 3.24 Å². The highest BCUT2D eigenvalue weighted by molar-refractivity contribution is 5.26. The number of piperidine rings is 1. The summed E-state index contributed by atoms with van der Waals surface area (Å²) in [6.45, 7) is 5.06. The van der Waals surface area contributed by atoms with Crippen molar-refractivity contribution in [3.8, 4) is 0 Å². The molecule has 1 aromatic rings. The van der Waals surface area contributed by atoms with Crippen molar-refractivity contribution in [1.82, 2.24) is 4.90 Å². The minimum Gasteiger partial charge on any atom is -0.294 e. The van der Waals surface area contributed by atoms with Crippen LogP contribution in [-0.2, 0) is 5.54 Å². The monoisotopic (exact) mass is 257 g/mol. The molecule has 0 N–H and O–H groups in total. The zero-order valence-electron chi connectivity index (χ0n) is 12.3. The van der Waals surface area contributed by atoms with Gasteiger partial charge in [0.15, 0.2) is 0 Å². The Morgan fingerprint density at radius 1 is 1.00 bits per heavy atom. The SMILES string of the molecule is C[C@@H]1CCC[C@@](c2ccccc2)(N2CCCCC2)C1. The van der Waals surface area contributed by atoms with E-state index in [-0.39, 0.29) is 0 Å². The Bertz CT molecular complexity index is 393. The third-order valence-corrected chi connectivity index (χ3v) is 5.25. The van der Waals surface area contributed by atoms with E-state index in [1.807, 2.05) is 0 Å². The Kier molecular flexibility index (Phi) is 3.93. The van der Waals surface area contributed by atoms with Gasteiger partial charge in [0.05, 0.1) is 0 Å². The lowest BCUT2D eigenvalue weighted by atomic mass is 9.71. The van der Waals surface area contributed by atoms with Gasteiger partial charge in [0.1, 0.15) is 0 Å². The maximum Gasteiger partial charge on any atom is 0.0463 e. The highest BCUT2D eigenvalue weighted by Gasteiger charge is 2.41. The van der Waals surface area contributed by atoms with Crippen molar-refractivity contribution >= 4 is 0 Å². The fourth-order valence-electron chi connectivity index (χ4n) is 4.33. The normalized spacial score (nSPS) is 33.2. The second kappa shape index (κ2) is 5.66. The highest BCUT2D eigenvalue weighted by atomic mass is 15.2. The molecular weight excluding hydrogens is 230 g/mol. The lowest BCUT2D eigenvalue weighted by molar-refractivity contribution is 0.0143. The van der Waals surface area contributed by atoms with Crippen LogP contribution in [0.4, 0.5) is 0 Å². The van der Waals surface area contributed by atoms with Gasteiger partial charge in [0.2, 0.25) is 0 Å². The predicted molar refractivity (Wildman–Crippen MR) is 81.2 cm³/mol. The molecule has 1 heterocycles. The first-order valence-electron chi connectivity index (χ1n) is 8.12. The smallest absolute Gasteiger partial charge is 0.0463 e. The largest absolute Gasteiger partial charge is 0.294 e. The second-order valence-corrected chi connectivity index (χ2v) is 6.65. The van der Waals surface area contributed by atoms with E-state index in [0.717, 1.165) is 5.92 Å². The first-order chi connectivity index (χ1) is 9.31. The Labute approximate surface area is 118 Å². The van der Waals surface area contributed by atoms with Crippen molar-refractivity contribution in [2.75, 3.05) is 13.1 Å². The number of nitrogens with zero attached hydrogens (tertiary/aromatic N) is 1. The van der Waals surface area contributed by atoms with E-state index in [1.165, 1.54) is 58.0 Å². The Morgan fingerprint density at radius 2 is 1.74 bits per heavy atom. The molecule has 0 unspecified atom stereocenters. The standard InChI is InChI=1S/C18H27N/c1-16-9-8-12-18(15-16,17-10-4-2-5-11-17)19-13-6-3-7-14-19/h2,4-5,10-11,16H,3,6-9,12-15H2,1H3/t16-,18-/m1/s1. The molecule has 1 heteroatoms. The van der Waals surface area contributed by atoms with Crippen LogP contribution in [0, 0.1) is 5.92 Å². The van der Waals surface area contributed by atoms with Gasteiger partial charge in [0, 0.05) is 5.54 Å². The maximum atomic E-state index is 2.82. The van der Waals surface area contributed by atoms with Crippen molar-refractivity contribution in [2.24, 2.45) is 5.92 Å². The third-order valence-electron chi connectivity index (χ3n) is 5.25. The fraction of sp³-hybridized carbons (Fsp3) is 0.667. The second-order valence-electron chi connectivity index (χ2n) is 6.65. The molecule has 104 valence electrons. The minimum absolute atomic E-state index is 0.347. The summed E-state index contributed by atoms with van der Waals surface area (Å²) in [7, 11) is 0. The Hall–Kier alpha value is -0.820. The summed E-state index contributed by atoms with van der Waals surface area (Å²) >= 11 is 0. The maximum absolute atomic E-state index is 2.82. The van der Waals surface area contributed by atoms with Gasteiger partial charge in [-0.2, -0.15) is 0 Å². The first-order valence-corrected chi connectivity index (χ1v) is 8.12. The molecule has 0 spiro atoms. The molecule has 1 saturated carbocycles. The highest BCUT2D eigenvalue weighted by Crippen LogP contribution is 2.45. The molecule has 1 aliphatic carbocycles. The van der Waals surface area contributed by atoms with Crippen LogP contribution in [0.25, 0.3) is 0 Å². The summed E-state index contributed by atoms with van der Waals surface area (Å²) in [5, 5.41) is 0. The number of hydrogen-bond acceptors (Lipinski definition) is 1. The van der Waals surface area contributed by atoms with Crippen molar-refractivity contribution in [2.45, 2.75) is 57.4 Å². The summed E-state index contributed by atoms with van der Waals surface area (Å²) in [6, 6.07) is 11.3. The van der Waals surface area contributed by atoms with Crippen LogP contribution in [0.2, 0.25) is 0 Å². The van der Waals surface area contributed by atoms with E-state index in [2.05, 4.69) is 42.2 Å². The van der Waals surface area contributed by atoms with E-state index in [0.29, 0.717) is 5.54 Å². The summed E-state index contributed by atoms with van der Waals surface area (Å²) in [5.74, 6) is 0.871. The zero-order chi connectivity index (χ0) is 13.1. The summed E-state index contributed by atoms with van der Waals surface area (Å²) in [4.78, 5) is 2.82. The number of rotatable bonds is 2. The van der Waals surface area contributed by atoms with Gasteiger partial charge in [-0.3, -0.25) is 4.90 Å². The van der Waals surface area contributed by atoms with Gasteiger partial charge < -0.3 is 0 Å². The van der Waals surface area contributed by atoms with Crippen molar-refractivity contribution in [1.29, 1.82) is 0 Å². The van der Waals surface area contributed by atoms with Crippen LogP contribution in [0.3, 0.4) is 0 Å². The molecule has 1 aromatic carbocycles. The Morgan fingerprint density at radius 3 is 2.42 bits per heavy atom. The predicted octanol–water partition coefficient (Wildman–Crippen LogP) is 4.58. The van der Waals surface area contributed by atoms with E-state index in [1.54, 1.807) is 5.56 Å². The number of likely N-dealkylation sites (tertiary alicyclic amines) is 1. The molecule has 0 aromatic heterocycles. The van der Waals surface area contributed by atoms with Crippen LogP contribution < -0.4 is 0 Å². The van der Waals surface area contributed by atoms with Crippen LogP contribution in [0.15, 0.2) is 30.3 Å². The van der Waals surface area contributed by atoms with Gasteiger partial charge >= 0.3 is 0 Å². The third kappa shape index (κ3) is 2.58. The Balaban J connectivity index is 1.94. The van der Waals surface area contributed by atoms with Crippen molar-refractivity contribution in [3.63, 3.8) is 0 Å². The van der Waals surface area contributed by atoms with Crippen LogP contribution in [0.1, 0.15) is 57.4 Å². The molecule has 0 amide bonds. The van der Waals surface area contributed by atoms with Gasteiger partial charge in [-0.1, -0.05) is 56.5 Å². The molecular formula is C18H27N. The minimum atomic E-state index is 0.347. The molecule has 1 saturated heterocycles. The van der Waals surface area contributed by atoms with Gasteiger partial charge in [0.25, 0.3) is 0 Å². The first kappa shape index (κ1) is 13.2. The lowest BCUT2D eigenvalue weighted by Crippen LogP contribution is -2.51. The summed E-state index contributed by atoms with van der Waals surface area (Å²) in [6.07, 6.45) is 9.75. The van der Waals surface area contributed by atoms with Crippen LogP contribution >= 0.6 is 0 Å². The molecule has 2 atom stereocenters. The fourth-order valence-corrected chi connectivity index (χ4v) is 4.33. The lowest BCUT2D eigenvalue weighted by Gasteiger charge is -2.50. The van der Waals surface area contributed by atoms with E-state index < -0.39 is 0 Å². The molecule has 0 bridgehead atoms. The van der Waals surface area contributed by atoms with Gasteiger partial charge in [-0.25, -0.2) is 0 Å². The molecule has 1 nitrogen and oxygen atoms in total. The van der Waals surface area contributed by atoms with E-state index >= 15 is 0 Å². The molecule has 2 fully saturated rings. The van der Waals surface area contributed by atoms with Gasteiger partial charge in [-0.15, -0.1) is 0 Å². The average molecular weight is 257 g/mol. The van der Waals surface area contributed by atoms with Crippen LogP contribution in [0.5, 0.6) is 0 Å². The molecule has 19 heavy (non-hydrogen) atoms. The quantitative estimate of drug-likeness (QED) is 0.749. The molecule has 2 aliphatic rings. The molecule has 1 aliphatic heterocycles. The van der Waals surface area contributed by atoms with E-state index in [9.17, 15) is 0 Å². The van der Waals surface area contributed by atoms with E-state index in [4.69, 9.17) is 0 Å². The number of hydrogen-bond donors (Lipinski definition) is 0. The van der Waals surface area contributed by atoms with Crippen LogP contribution in [-0.4, -0.2) is 18.0 Å². The summed E-state index contributed by atoms with van der Waals surface area (Å²) in [5.41, 5.74) is 1.92. The number of benzene rings is 1. The molecule has 0 radical (unpaired) electrons. The molecule has 3 rings (SSSR count). The summed E-state index contributed by atoms with van der Waals surface area (Å²) < 4.78 is 0.